The molecule has 0 saturated carbocycles. The molecule has 1 aromatic rings. The first-order chi connectivity index (χ1) is 9.04. The van der Waals surface area contributed by atoms with Crippen LogP contribution in [0.15, 0.2) is 24.3 Å². The molecular formula is C13H18N4O2. The van der Waals surface area contributed by atoms with Crippen LogP contribution >= 0.6 is 0 Å². The zero-order valence-electron chi connectivity index (χ0n) is 11.0. The summed E-state index contributed by atoms with van der Waals surface area (Å²) in [4.78, 5) is 25.5. The number of hydrogen-bond acceptors (Lipinski definition) is 4. The van der Waals surface area contributed by atoms with Gasteiger partial charge in [0, 0.05) is 0 Å². The number of hydrazine groups is 1. The first-order valence-corrected chi connectivity index (χ1v) is 6.20. The van der Waals surface area contributed by atoms with Crippen LogP contribution in [-0.2, 0) is 9.59 Å². The van der Waals surface area contributed by atoms with E-state index in [4.69, 9.17) is 5.84 Å². The van der Waals surface area contributed by atoms with Crippen molar-refractivity contribution < 1.29 is 9.59 Å². The predicted molar refractivity (Wildman–Crippen MR) is 73.4 cm³/mol. The molecule has 1 unspecified atom stereocenters. The standard InChI is InChI=1S/C13H18N4O2/c1-8(2)12(13(19)16-14)17-7-11(18)15-9-5-3-4-6-10(9)17/h3-6,8,12H,7,14H2,1-2H3,(H,15,18)(H,16,19). The number of carbonyl (C=O) groups is 2. The third-order valence-corrected chi connectivity index (χ3v) is 3.18. The lowest BCUT2D eigenvalue weighted by Gasteiger charge is -2.38. The summed E-state index contributed by atoms with van der Waals surface area (Å²) in [6.45, 7) is 4.00. The summed E-state index contributed by atoms with van der Waals surface area (Å²) < 4.78 is 0. The third-order valence-electron chi connectivity index (χ3n) is 3.18. The maximum absolute atomic E-state index is 12.0. The number of nitrogens with two attached hydrogens (primary N) is 1. The molecule has 0 radical (unpaired) electrons. The van der Waals surface area contributed by atoms with Crippen LogP contribution in [0.4, 0.5) is 11.4 Å². The molecule has 0 aliphatic carbocycles. The summed E-state index contributed by atoms with van der Waals surface area (Å²) in [5, 5.41) is 2.80. The van der Waals surface area contributed by atoms with Gasteiger partial charge in [0.05, 0.1) is 17.9 Å². The molecule has 0 saturated heterocycles. The molecule has 1 aliphatic heterocycles. The van der Waals surface area contributed by atoms with E-state index in [0.29, 0.717) is 5.69 Å². The molecule has 2 rings (SSSR count). The van der Waals surface area contributed by atoms with Crippen molar-refractivity contribution >= 4 is 23.2 Å². The minimum absolute atomic E-state index is 0.0301. The topological polar surface area (TPSA) is 87.5 Å². The first kappa shape index (κ1) is 13.4. The number of amides is 2. The highest BCUT2D eigenvalue weighted by molar-refractivity contribution is 6.03. The quantitative estimate of drug-likeness (QED) is 0.419. The van der Waals surface area contributed by atoms with Crippen molar-refractivity contribution in [3.05, 3.63) is 24.3 Å². The minimum atomic E-state index is -0.475. The maximum atomic E-state index is 12.0. The highest BCUT2D eigenvalue weighted by Gasteiger charge is 2.33. The van der Waals surface area contributed by atoms with Crippen molar-refractivity contribution in [1.82, 2.24) is 5.43 Å². The summed E-state index contributed by atoms with van der Waals surface area (Å²) in [6, 6.07) is 6.94. The molecule has 19 heavy (non-hydrogen) atoms. The SMILES string of the molecule is CC(C)C(C(=O)NN)N1CC(=O)Nc2ccccc21. The van der Waals surface area contributed by atoms with E-state index in [1.54, 1.807) is 4.90 Å². The van der Waals surface area contributed by atoms with Crippen LogP contribution in [0.25, 0.3) is 0 Å². The minimum Gasteiger partial charge on any atom is -0.348 e. The Bertz CT molecular complexity index is 501. The molecule has 1 aromatic carbocycles. The van der Waals surface area contributed by atoms with Crippen molar-refractivity contribution in [2.24, 2.45) is 11.8 Å². The number of nitrogens with one attached hydrogen (secondary N) is 2. The monoisotopic (exact) mass is 262 g/mol. The number of fused-ring (bicyclic) bond motifs is 1. The number of anilines is 2. The number of rotatable bonds is 3. The molecular weight excluding hydrogens is 244 g/mol. The van der Waals surface area contributed by atoms with E-state index in [1.807, 2.05) is 38.1 Å². The van der Waals surface area contributed by atoms with Gasteiger partial charge in [0.15, 0.2) is 0 Å². The van der Waals surface area contributed by atoms with E-state index in [2.05, 4.69) is 10.7 Å². The van der Waals surface area contributed by atoms with Gasteiger partial charge in [-0.15, -0.1) is 0 Å². The smallest absolute Gasteiger partial charge is 0.256 e. The zero-order valence-corrected chi connectivity index (χ0v) is 11.0. The highest BCUT2D eigenvalue weighted by Crippen LogP contribution is 2.32. The number of carbonyl (C=O) groups excluding carboxylic acids is 2. The van der Waals surface area contributed by atoms with Gasteiger partial charge in [0.1, 0.15) is 6.04 Å². The first-order valence-electron chi connectivity index (χ1n) is 6.20. The van der Waals surface area contributed by atoms with Crippen LogP contribution < -0.4 is 21.5 Å². The van der Waals surface area contributed by atoms with Crippen LogP contribution in [0.5, 0.6) is 0 Å². The van der Waals surface area contributed by atoms with Crippen molar-refractivity contribution in [2.45, 2.75) is 19.9 Å². The van der Waals surface area contributed by atoms with Gasteiger partial charge in [0.2, 0.25) is 5.91 Å². The van der Waals surface area contributed by atoms with Gasteiger partial charge in [0.25, 0.3) is 5.91 Å². The summed E-state index contributed by atoms with van der Waals surface area (Å²) in [5.74, 6) is 4.85. The Morgan fingerprint density at radius 1 is 1.42 bits per heavy atom. The van der Waals surface area contributed by atoms with Crippen LogP contribution in [-0.4, -0.2) is 24.4 Å². The maximum Gasteiger partial charge on any atom is 0.256 e. The lowest BCUT2D eigenvalue weighted by Crippen LogP contribution is -2.55. The summed E-state index contributed by atoms with van der Waals surface area (Å²) in [5.41, 5.74) is 3.73. The molecule has 1 aliphatic rings. The van der Waals surface area contributed by atoms with Gasteiger partial charge >= 0.3 is 0 Å². The molecule has 0 aromatic heterocycles. The van der Waals surface area contributed by atoms with Crippen molar-refractivity contribution in [3.8, 4) is 0 Å². The second-order valence-electron chi connectivity index (χ2n) is 4.89. The third kappa shape index (κ3) is 2.53. The number of hydrogen-bond donors (Lipinski definition) is 3. The number of para-hydroxylation sites is 2. The fraction of sp³-hybridized carbons (Fsp3) is 0.385. The zero-order chi connectivity index (χ0) is 14.0. The molecule has 1 atom stereocenters. The molecule has 4 N–H and O–H groups in total. The van der Waals surface area contributed by atoms with Crippen LogP contribution in [0.1, 0.15) is 13.8 Å². The average Bonchev–Trinajstić information content (AvgIpc) is 2.38. The van der Waals surface area contributed by atoms with Crippen LogP contribution in [0, 0.1) is 5.92 Å². The van der Waals surface area contributed by atoms with Crippen molar-refractivity contribution in [3.63, 3.8) is 0 Å². The van der Waals surface area contributed by atoms with Gasteiger partial charge < -0.3 is 10.2 Å². The summed E-state index contributed by atoms with van der Waals surface area (Å²) in [6.07, 6.45) is 0. The van der Waals surface area contributed by atoms with E-state index in [9.17, 15) is 9.59 Å². The fourth-order valence-electron chi connectivity index (χ4n) is 2.40. The van der Waals surface area contributed by atoms with Gasteiger partial charge in [-0.2, -0.15) is 0 Å². The average molecular weight is 262 g/mol. The van der Waals surface area contributed by atoms with Gasteiger partial charge in [-0.25, -0.2) is 5.84 Å². The Morgan fingerprint density at radius 2 is 2.11 bits per heavy atom. The number of benzene rings is 1. The summed E-state index contributed by atoms with van der Waals surface area (Å²) >= 11 is 0. The van der Waals surface area contributed by atoms with Gasteiger partial charge in [-0.3, -0.25) is 15.0 Å². The molecule has 2 amide bonds. The Hall–Kier alpha value is -2.08. The normalized spacial score (nSPS) is 15.8. The molecule has 6 nitrogen and oxygen atoms in total. The number of nitrogens with zero attached hydrogens (tertiary/aromatic N) is 1. The van der Waals surface area contributed by atoms with E-state index in [1.165, 1.54) is 0 Å². The molecule has 102 valence electrons. The van der Waals surface area contributed by atoms with Gasteiger partial charge in [-0.1, -0.05) is 26.0 Å². The lowest BCUT2D eigenvalue weighted by molar-refractivity contribution is -0.123. The van der Waals surface area contributed by atoms with Crippen LogP contribution in [0.3, 0.4) is 0 Å². The van der Waals surface area contributed by atoms with Crippen LogP contribution in [0.2, 0.25) is 0 Å². The molecule has 6 heteroatoms. The largest absolute Gasteiger partial charge is 0.348 e. The lowest BCUT2D eigenvalue weighted by atomic mass is 9.99. The summed E-state index contributed by atoms with van der Waals surface area (Å²) in [7, 11) is 0. The van der Waals surface area contributed by atoms with E-state index < -0.39 is 6.04 Å². The highest BCUT2D eigenvalue weighted by atomic mass is 16.2. The van der Waals surface area contributed by atoms with Crippen molar-refractivity contribution in [2.75, 3.05) is 16.8 Å². The van der Waals surface area contributed by atoms with Gasteiger partial charge in [-0.05, 0) is 18.1 Å². The Balaban J connectivity index is 2.43. The van der Waals surface area contributed by atoms with E-state index >= 15 is 0 Å². The molecule has 1 heterocycles. The Kier molecular flexibility index (Phi) is 3.71. The van der Waals surface area contributed by atoms with Crippen molar-refractivity contribution in [1.29, 1.82) is 0 Å². The fourth-order valence-corrected chi connectivity index (χ4v) is 2.40. The molecule has 0 spiro atoms. The second-order valence-corrected chi connectivity index (χ2v) is 4.89. The predicted octanol–water partition coefficient (Wildman–Crippen LogP) is 0.460. The van der Waals surface area contributed by atoms with E-state index in [-0.39, 0.29) is 24.3 Å². The second kappa shape index (κ2) is 5.27. The Labute approximate surface area is 111 Å². The molecule has 0 bridgehead atoms. The Morgan fingerprint density at radius 3 is 2.74 bits per heavy atom. The van der Waals surface area contributed by atoms with E-state index in [0.717, 1.165) is 5.69 Å². The molecule has 0 fully saturated rings.